The van der Waals surface area contributed by atoms with Gasteiger partial charge >= 0.3 is 6.18 Å². The predicted octanol–water partition coefficient (Wildman–Crippen LogP) is 2.90. The van der Waals surface area contributed by atoms with Crippen molar-refractivity contribution in [2.75, 3.05) is 32.6 Å². The number of methoxy groups -OCH3 is 1. The number of nitrogens with zero attached hydrogens (tertiary/aromatic N) is 4. The molecule has 9 nitrogen and oxygen atoms in total. The van der Waals surface area contributed by atoms with E-state index in [0.717, 1.165) is 4.68 Å². The maximum absolute atomic E-state index is 13.9. The van der Waals surface area contributed by atoms with Gasteiger partial charge in [0.05, 0.1) is 18.4 Å². The molecular weight excluding hydrogens is 479 g/mol. The molecule has 2 heterocycles. The number of ether oxygens (including phenoxy) is 1. The third kappa shape index (κ3) is 4.25. The average molecular weight is 501 g/mol. The van der Waals surface area contributed by atoms with E-state index in [-0.39, 0.29) is 47.1 Å². The molecule has 12 heteroatoms. The number of amides is 3. The van der Waals surface area contributed by atoms with Crippen molar-refractivity contribution in [3.05, 3.63) is 70.5 Å². The fourth-order valence-electron chi connectivity index (χ4n) is 4.07. The molecule has 0 spiro atoms. The van der Waals surface area contributed by atoms with Gasteiger partial charge in [0.15, 0.2) is 5.69 Å². The summed E-state index contributed by atoms with van der Waals surface area (Å²) in [7, 11) is 4.56. The second-order valence-electron chi connectivity index (χ2n) is 8.29. The van der Waals surface area contributed by atoms with E-state index >= 15 is 0 Å². The van der Waals surface area contributed by atoms with Gasteiger partial charge in [-0.2, -0.15) is 18.3 Å². The summed E-state index contributed by atoms with van der Waals surface area (Å²) in [5.41, 5.74) is 4.21. The minimum absolute atomic E-state index is 0.0349. The molecule has 188 valence electrons. The van der Waals surface area contributed by atoms with Crippen LogP contribution in [-0.2, 0) is 12.6 Å². The summed E-state index contributed by atoms with van der Waals surface area (Å²) in [6, 6.07) is 10.2. The van der Waals surface area contributed by atoms with Crippen molar-refractivity contribution in [3.63, 3.8) is 0 Å². The van der Waals surface area contributed by atoms with E-state index < -0.39 is 23.7 Å². The summed E-state index contributed by atoms with van der Waals surface area (Å²) < 4.78 is 47.5. The summed E-state index contributed by atoms with van der Waals surface area (Å²) in [5, 5.41) is 3.71. The van der Waals surface area contributed by atoms with Crippen LogP contribution < -0.4 is 15.4 Å². The van der Waals surface area contributed by atoms with Gasteiger partial charge in [0.25, 0.3) is 17.7 Å². The molecule has 0 saturated heterocycles. The number of hydrogen-bond acceptors (Lipinski definition) is 5. The van der Waals surface area contributed by atoms with Gasteiger partial charge in [-0.25, -0.2) is 4.68 Å². The molecule has 36 heavy (non-hydrogen) atoms. The molecule has 0 fully saturated rings. The molecule has 0 aliphatic carbocycles. The first kappa shape index (κ1) is 24.8. The standard InChI is InChI=1S/C24H22F3N5O4/c1-30(2)22(34)13-4-6-14(7-5-13)31-11-10-16-19(23(31)35)32(29-20(16)24(25,26)27)18-9-8-15(36-3)12-17(18)21(28)33/h4-9,12H,10-11H2,1-3H3,(H2,28,33). The van der Waals surface area contributed by atoms with Crippen molar-refractivity contribution in [1.29, 1.82) is 0 Å². The SMILES string of the molecule is COc1ccc(-n2nc(C(F)(F)F)c3c2C(=O)N(c2ccc(C(=O)N(C)C)cc2)CC3)c(C(N)=O)c1. The Morgan fingerprint density at radius 1 is 1.11 bits per heavy atom. The molecule has 0 saturated carbocycles. The highest BCUT2D eigenvalue weighted by molar-refractivity contribution is 6.08. The lowest BCUT2D eigenvalue weighted by molar-refractivity contribution is -0.141. The number of rotatable bonds is 5. The fraction of sp³-hybridized carbons (Fsp3) is 0.250. The smallest absolute Gasteiger partial charge is 0.435 e. The largest absolute Gasteiger partial charge is 0.497 e. The summed E-state index contributed by atoms with van der Waals surface area (Å²) in [6.45, 7) is -0.0349. The van der Waals surface area contributed by atoms with Gasteiger partial charge in [-0.15, -0.1) is 0 Å². The second-order valence-corrected chi connectivity index (χ2v) is 8.29. The summed E-state index contributed by atoms with van der Waals surface area (Å²) >= 11 is 0. The van der Waals surface area contributed by atoms with Crippen LogP contribution in [0.25, 0.3) is 5.69 Å². The highest BCUT2D eigenvalue weighted by Gasteiger charge is 2.43. The Labute approximate surface area is 203 Å². The van der Waals surface area contributed by atoms with Crippen molar-refractivity contribution in [3.8, 4) is 11.4 Å². The second kappa shape index (κ2) is 9.02. The van der Waals surface area contributed by atoms with Crippen molar-refractivity contribution in [2.24, 2.45) is 5.73 Å². The molecule has 2 N–H and O–H groups in total. The van der Waals surface area contributed by atoms with Gasteiger partial charge in [0, 0.05) is 37.5 Å². The molecular formula is C24H22F3N5O4. The van der Waals surface area contributed by atoms with Crippen LogP contribution in [0, 0.1) is 0 Å². The summed E-state index contributed by atoms with van der Waals surface area (Å²) in [4.78, 5) is 40.6. The van der Waals surface area contributed by atoms with E-state index in [0.29, 0.717) is 11.3 Å². The number of aromatic nitrogens is 2. The van der Waals surface area contributed by atoms with Crippen LogP contribution in [-0.4, -0.2) is 60.2 Å². The average Bonchev–Trinajstić information content (AvgIpc) is 3.24. The van der Waals surface area contributed by atoms with Crippen LogP contribution in [0.2, 0.25) is 0 Å². The highest BCUT2D eigenvalue weighted by Crippen LogP contribution is 2.37. The van der Waals surface area contributed by atoms with E-state index in [4.69, 9.17) is 10.5 Å². The van der Waals surface area contributed by atoms with Crippen LogP contribution in [0.5, 0.6) is 5.75 Å². The molecule has 1 aliphatic heterocycles. The first-order valence-electron chi connectivity index (χ1n) is 10.7. The lowest BCUT2D eigenvalue weighted by Gasteiger charge is -2.28. The molecule has 0 radical (unpaired) electrons. The summed E-state index contributed by atoms with van der Waals surface area (Å²) in [5.74, 6) is -1.65. The van der Waals surface area contributed by atoms with Crippen molar-refractivity contribution >= 4 is 23.4 Å². The Hall–Kier alpha value is -4.35. The lowest BCUT2D eigenvalue weighted by Crippen LogP contribution is -2.39. The molecule has 2 aromatic carbocycles. The van der Waals surface area contributed by atoms with Crippen LogP contribution in [0.1, 0.15) is 42.5 Å². The molecule has 0 atom stereocenters. The first-order valence-corrected chi connectivity index (χ1v) is 10.7. The minimum Gasteiger partial charge on any atom is -0.497 e. The number of carbonyl (C=O) groups is 3. The van der Waals surface area contributed by atoms with E-state index in [1.807, 2.05) is 0 Å². The number of primary amides is 1. The number of benzene rings is 2. The van der Waals surface area contributed by atoms with E-state index in [1.54, 1.807) is 26.2 Å². The van der Waals surface area contributed by atoms with Gasteiger partial charge in [0.2, 0.25) is 0 Å². The van der Waals surface area contributed by atoms with E-state index in [2.05, 4.69) is 5.10 Å². The first-order chi connectivity index (χ1) is 16.9. The van der Waals surface area contributed by atoms with Crippen molar-refractivity contribution in [2.45, 2.75) is 12.6 Å². The van der Waals surface area contributed by atoms with Gasteiger partial charge < -0.3 is 20.3 Å². The summed E-state index contributed by atoms with van der Waals surface area (Å²) in [6.07, 6.45) is -4.96. The maximum Gasteiger partial charge on any atom is 0.435 e. The van der Waals surface area contributed by atoms with Gasteiger partial charge in [-0.3, -0.25) is 14.4 Å². The zero-order valence-corrected chi connectivity index (χ0v) is 19.6. The molecule has 0 bridgehead atoms. The van der Waals surface area contributed by atoms with Crippen molar-refractivity contribution < 1.29 is 32.3 Å². The van der Waals surface area contributed by atoms with Gasteiger partial charge in [-0.05, 0) is 48.9 Å². The number of hydrogen-bond donors (Lipinski definition) is 1. The quantitative estimate of drug-likeness (QED) is 0.578. The van der Waals surface area contributed by atoms with Crippen LogP contribution in [0.3, 0.4) is 0 Å². The normalized spacial score (nSPS) is 13.4. The Morgan fingerprint density at radius 2 is 1.78 bits per heavy atom. The molecule has 1 aromatic heterocycles. The number of fused-ring (bicyclic) bond motifs is 1. The Morgan fingerprint density at radius 3 is 2.33 bits per heavy atom. The predicted molar refractivity (Wildman–Crippen MR) is 123 cm³/mol. The topological polar surface area (TPSA) is 111 Å². The molecule has 1 aliphatic rings. The fourth-order valence-corrected chi connectivity index (χ4v) is 4.07. The number of nitrogens with two attached hydrogens (primary N) is 1. The molecule has 3 aromatic rings. The zero-order valence-electron chi connectivity index (χ0n) is 19.6. The zero-order chi connectivity index (χ0) is 26.4. The molecule has 0 unspecified atom stereocenters. The van der Waals surface area contributed by atoms with Gasteiger partial charge in [0.1, 0.15) is 11.4 Å². The number of alkyl halides is 3. The number of anilines is 1. The van der Waals surface area contributed by atoms with Crippen LogP contribution in [0.15, 0.2) is 42.5 Å². The van der Waals surface area contributed by atoms with E-state index in [9.17, 15) is 27.6 Å². The third-order valence-electron chi connectivity index (χ3n) is 5.81. The number of carbonyl (C=O) groups excluding carboxylic acids is 3. The number of halogens is 3. The lowest BCUT2D eigenvalue weighted by atomic mass is 10.0. The van der Waals surface area contributed by atoms with Crippen molar-refractivity contribution in [1.82, 2.24) is 14.7 Å². The monoisotopic (exact) mass is 501 g/mol. The highest BCUT2D eigenvalue weighted by atomic mass is 19.4. The van der Waals surface area contributed by atoms with Crippen LogP contribution >= 0.6 is 0 Å². The molecule has 3 amide bonds. The molecule has 4 rings (SSSR count). The Balaban J connectivity index is 1.85. The van der Waals surface area contributed by atoms with Crippen LogP contribution in [0.4, 0.5) is 18.9 Å². The third-order valence-corrected chi connectivity index (χ3v) is 5.81. The van der Waals surface area contributed by atoms with E-state index in [1.165, 1.54) is 47.2 Å². The minimum atomic E-state index is -4.83. The van der Waals surface area contributed by atoms with Gasteiger partial charge in [-0.1, -0.05) is 0 Å². The Bertz CT molecular complexity index is 1360. The Kier molecular flexibility index (Phi) is 6.21. The maximum atomic E-state index is 13.9.